The van der Waals surface area contributed by atoms with Crippen molar-refractivity contribution in [2.75, 3.05) is 26.3 Å². The van der Waals surface area contributed by atoms with Crippen LogP contribution in [0.4, 0.5) is 0 Å². The molecule has 90 valence electrons. The Morgan fingerprint density at radius 1 is 1.27 bits per heavy atom. The third-order valence-corrected chi connectivity index (χ3v) is 2.92. The van der Waals surface area contributed by atoms with Gasteiger partial charge in [-0.05, 0) is 25.8 Å². The fraction of sp³-hybridized carbons (Fsp3) is 1.00. The lowest BCUT2D eigenvalue weighted by Gasteiger charge is -2.33. The Morgan fingerprint density at radius 2 is 1.93 bits per heavy atom. The zero-order valence-corrected chi connectivity index (χ0v) is 10.6. The van der Waals surface area contributed by atoms with E-state index < -0.39 is 0 Å². The molecule has 1 saturated heterocycles. The third kappa shape index (κ3) is 5.50. The van der Waals surface area contributed by atoms with Gasteiger partial charge in [-0.3, -0.25) is 4.90 Å². The van der Waals surface area contributed by atoms with Gasteiger partial charge in [0.05, 0.1) is 0 Å². The van der Waals surface area contributed by atoms with Gasteiger partial charge < -0.3 is 10.6 Å². The highest BCUT2D eigenvalue weighted by Crippen LogP contribution is 2.09. The van der Waals surface area contributed by atoms with Crippen LogP contribution in [0.2, 0.25) is 0 Å². The maximum atomic E-state index is 3.62. The van der Waals surface area contributed by atoms with Gasteiger partial charge in [-0.15, -0.1) is 0 Å². The van der Waals surface area contributed by atoms with Gasteiger partial charge in [0.15, 0.2) is 0 Å². The SMILES string of the molecule is CCCNCN1CCC(NC(C)C)CC1. The van der Waals surface area contributed by atoms with E-state index in [2.05, 4.69) is 36.3 Å². The quantitative estimate of drug-likeness (QED) is 0.653. The molecule has 0 atom stereocenters. The summed E-state index contributed by atoms with van der Waals surface area (Å²) in [6.45, 7) is 11.4. The summed E-state index contributed by atoms with van der Waals surface area (Å²) < 4.78 is 0. The summed E-state index contributed by atoms with van der Waals surface area (Å²) in [6.07, 6.45) is 3.82. The summed E-state index contributed by atoms with van der Waals surface area (Å²) >= 11 is 0. The molecule has 15 heavy (non-hydrogen) atoms. The van der Waals surface area contributed by atoms with Gasteiger partial charge in [0.2, 0.25) is 0 Å². The summed E-state index contributed by atoms with van der Waals surface area (Å²) in [5.74, 6) is 0. The predicted octanol–water partition coefficient (Wildman–Crippen LogP) is 1.41. The molecule has 2 N–H and O–H groups in total. The number of hydrogen-bond acceptors (Lipinski definition) is 3. The van der Waals surface area contributed by atoms with Crippen molar-refractivity contribution in [1.29, 1.82) is 0 Å². The number of likely N-dealkylation sites (tertiary alicyclic amines) is 1. The maximum absolute atomic E-state index is 3.62. The van der Waals surface area contributed by atoms with Gasteiger partial charge in [0.25, 0.3) is 0 Å². The first-order valence-electron chi connectivity index (χ1n) is 6.41. The molecule has 3 heteroatoms. The smallest absolute Gasteiger partial charge is 0.0480 e. The lowest BCUT2D eigenvalue weighted by atomic mass is 10.0. The molecule has 1 aliphatic rings. The van der Waals surface area contributed by atoms with Crippen LogP contribution in [0.15, 0.2) is 0 Å². The first-order valence-corrected chi connectivity index (χ1v) is 6.41. The molecule has 0 bridgehead atoms. The van der Waals surface area contributed by atoms with E-state index in [1.165, 1.54) is 32.4 Å². The molecular weight excluding hydrogens is 186 g/mol. The van der Waals surface area contributed by atoms with E-state index >= 15 is 0 Å². The molecule has 0 saturated carbocycles. The Kier molecular flexibility index (Phi) is 6.22. The third-order valence-electron chi connectivity index (χ3n) is 2.92. The fourth-order valence-electron chi connectivity index (χ4n) is 2.14. The van der Waals surface area contributed by atoms with Crippen molar-refractivity contribution in [1.82, 2.24) is 15.5 Å². The Morgan fingerprint density at radius 3 is 2.47 bits per heavy atom. The molecule has 1 heterocycles. The average molecular weight is 213 g/mol. The van der Waals surface area contributed by atoms with Gasteiger partial charge >= 0.3 is 0 Å². The van der Waals surface area contributed by atoms with Crippen LogP contribution in [0, 0.1) is 0 Å². The van der Waals surface area contributed by atoms with Crippen LogP contribution in [0.5, 0.6) is 0 Å². The Bertz CT molecular complexity index is 151. The van der Waals surface area contributed by atoms with E-state index in [4.69, 9.17) is 0 Å². The van der Waals surface area contributed by atoms with E-state index in [1.807, 2.05) is 0 Å². The molecular formula is C12H27N3. The molecule has 0 aromatic heterocycles. The number of piperidine rings is 1. The van der Waals surface area contributed by atoms with E-state index in [9.17, 15) is 0 Å². The predicted molar refractivity (Wildman–Crippen MR) is 66.0 cm³/mol. The van der Waals surface area contributed by atoms with E-state index in [-0.39, 0.29) is 0 Å². The van der Waals surface area contributed by atoms with Gasteiger partial charge in [0.1, 0.15) is 0 Å². The zero-order valence-electron chi connectivity index (χ0n) is 10.6. The first-order chi connectivity index (χ1) is 7.22. The highest BCUT2D eigenvalue weighted by atomic mass is 15.2. The van der Waals surface area contributed by atoms with Crippen molar-refractivity contribution in [2.24, 2.45) is 0 Å². The largest absolute Gasteiger partial charge is 0.312 e. The lowest BCUT2D eigenvalue weighted by Crippen LogP contribution is -2.47. The standard InChI is InChI=1S/C12H27N3/c1-4-7-13-10-15-8-5-12(6-9-15)14-11(2)3/h11-14H,4-10H2,1-3H3. The highest BCUT2D eigenvalue weighted by Gasteiger charge is 2.18. The number of hydrogen-bond donors (Lipinski definition) is 2. The van der Waals surface area contributed by atoms with Gasteiger partial charge in [-0.25, -0.2) is 0 Å². The minimum absolute atomic E-state index is 0.625. The number of rotatable bonds is 6. The van der Waals surface area contributed by atoms with Crippen LogP contribution in [0.3, 0.4) is 0 Å². The van der Waals surface area contributed by atoms with Gasteiger partial charge in [-0.1, -0.05) is 20.8 Å². The van der Waals surface area contributed by atoms with Gasteiger partial charge in [-0.2, -0.15) is 0 Å². The lowest BCUT2D eigenvalue weighted by molar-refractivity contribution is 0.181. The molecule has 1 aliphatic heterocycles. The number of nitrogens with one attached hydrogen (secondary N) is 2. The van der Waals surface area contributed by atoms with Crippen molar-refractivity contribution in [3.63, 3.8) is 0 Å². The van der Waals surface area contributed by atoms with E-state index in [0.29, 0.717) is 6.04 Å². The molecule has 0 spiro atoms. The molecule has 0 aromatic rings. The summed E-state index contributed by atoms with van der Waals surface area (Å²) in [5, 5.41) is 7.09. The summed E-state index contributed by atoms with van der Waals surface area (Å²) in [5.41, 5.74) is 0. The topological polar surface area (TPSA) is 27.3 Å². The van der Waals surface area contributed by atoms with E-state index in [0.717, 1.165) is 19.3 Å². The number of nitrogens with zero attached hydrogens (tertiary/aromatic N) is 1. The molecule has 0 aromatic carbocycles. The van der Waals surface area contributed by atoms with Crippen LogP contribution in [0.1, 0.15) is 40.0 Å². The minimum atomic E-state index is 0.625. The zero-order chi connectivity index (χ0) is 11.1. The second-order valence-electron chi connectivity index (χ2n) is 4.87. The summed E-state index contributed by atoms with van der Waals surface area (Å²) in [4.78, 5) is 2.52. The summed E-state index contributed by atoms with van der Waals surface area (Å²) in [6, 6.07) is 1.37. The van der Waals surface area contributed by atoms with Crippen molar-refractivity contribution in [3.05, 3.63) is 0 Å². The first kappa shape index (κ1) is 12.9. The molecule has 1 rings (SSSR count). The Balaban J connectivity index is 2.07. The van der Waals surface area contributed by atoms with Crippen molar-refractivity contribution in [2.45, 2.75) is 52.1 Å². The van der Waals surface area contributed by atoms with Crippen LogP contribution >= 0.6 is 0 Å². The Hall–Kier alpha value is -0.120. The summed E-state index contributed by atoms with van der Waals surface area (Å²) in [7, 11) is 0. The fourth-order valence-corrected chi connectivity index (χ4v) is 2.14. The second kappa shape index (κ2) is 7.20. The molecule has 0 radical (unpaired) electrons. The van der Waals surface area contributed by atoms with Crippen molar-refractivity contribution < 1.29 is 0 Å². The van der Waals surface area contributed by atoms with Crippen molar-refractivity contribution in [3.8, 4) is 0 Å². The van der Waals surface area contributed by atoms with Crippen LogP contribution in [-0.2, 0) is 0 Å². The highest BCUT2D eigenvalue weighted by molar-refractivity contribution is 4.77. The van der Waals surface area contributed by atoms with Crippen LogP contribution in [0.25, 0.3) is 0 Å². The van der Waals surface area contributed by atoms with Gasteiger partial charge in [0, 0.05) is 31.8 Å². The second-order valence-corrected chi connectivity index (χ2v) is 4.87. The minimum Gasteiger partial charge on any atom is -0.312 e. The average Bonchev–Trinajstić information content (AvgIpc) is 2.20. The van der Waals surface area contributed by atoms with E-state index in [1.54, 1.807) is 0 Å². The molecule has 0 amide bonds. The molecule has 3 nitrogen and oxygen atoms in total. The normalized spacial score (nSPS) is 20.0. The van der Waals surface area contributed by atoms with Crippen molar-refractivity contribution >= 4 is 0 Å². The Labute approximate surface area is 94.6 Å². The molecule has 1 fully saturated rings. The van der Waals surface area contributed by atoms with Crippen LogP contribution in [-0.4, -0.2) is 43.3 Å². The molecule has 0 aliphatic carbocycles. The maximum Gasteiger partial charge on any atom is 0.0480 e. The van der Waals surface area contributed by atoms with Crippen LogP contribution < -0.4 is 10.6 Å². The monoisotopic (exact) mass is 213 g/mol. The molecule has 0 unspecified atom stereocenters.